The summed E-state index contributed by atoms with van der Waals surface area (Å²) in [6.07, 6.45) is 12.4. The fourth-order valence-electron chi connectivity index (χ4n) is 4.12. The van der Waals surface area contributed by atoms with Gasteiger partial charge in [-0.2, -0.15) is 0 Å². The third kappa shape index (κ3) is 1.49. The van der Waals surface area contributed by atoms with Crippen molar-refractivity contribution in [1.82, 2.24) is 4.90 Å². The molecule has 22 heavy (non-hydrogen) atoms. The van der Waals surface area contributed by atoms with Gasteiger partial charge in [-0.15, -0.1) is 0 Å². The number of nitrogens with zero attached hydrogens (tertiary/aromatic N) is 1. The molecule has 4 aliphatic rings. The molecule has 1 aromatic rings. The normalized spacial score (nSPS) is 27.7. The maximum Gasteiger partial charge on any atom is 0.0874 e. The van der Waals surface area contributed by atoms with Gasteiger partial charge in [0.1, 0.15) is 0 Å². The first-order valence-electron chi connectivity index (χ1n) is 7.84. The summed E-state index contributed by atoms with van der Waals surface area (Å²) in [7, 11) is 0. The van der Waals surface area contributed by atoms with E-state index in [0.717, 1.165) is 6.42 Å². The Morgan fingerprint density at radius 1 is 1.23 bits per heavy atom. The zero-order valence-electron chi connectivity index (χ0n) is 12.4. The second-order valence-corrected chi connectivity index (χ2v) is 7.31. The summed E-state index contributed by atoms with van der Waals surface area (Å²) in [6.45, 7) is 2.34. The van der Waals surface area contributed by atoms with Gasteiger partial charge in [0.05, 0.1) is 6.04 Å². The predicted molar refractivity (Wildman–Crippen MR) is 94.0 cm³/mol. The minimum absolute atomic E-state index is 0.412. The van der Waals surface area contributed by atoms with Crippen LogP contribution in [0.4, 0.5) is 0 Å². The minimum atomic E-state index is 0.412. The van der Waals surface area contributed by atoms with E-state index in [1.807, 2.05) is 0 Å². The van der Waals surface area contributed by atoms with Crippen LogP contribution < -0.4 is 0 Å². The molecule has 2 heteroatoms. The number of hydrogen-bond acceptors (Lipinski definition) is 1. The lowest BCUT2D eigenvalue weighted by Gasteiger charge is -2.45. The van der Waals surface area contributed by atoms with Gasteiger partial charge in [0.15, 0.2) is 0 Å². The average molecular weight is 350 g/mol. The molecular weight excluding hydrogens is 334 g/mol. The van der Waals surface area contributed by atoms with Crippen LogP contribution in [-0.2, 0) is 0 Å². The number of allylic oxidation sites excluding steroid dienone is 6. The second-order valence-electron chi connectivity index (χ2n) is 6.40. The van der Waals surface area contributed by atoms with Crippen LogP contribution in [0.2, 0.25) is 0 Å². The molecule has 0 bridgehead atoms. The van der Waals surface area contributed by atoms with Crippen molar-refractivity contribution in [2.75, 3.05) is 0 Å². The van der Waals surface area contributed by atoms with Gasteiger partial charge in [0, 0.05) is 27.0 Å². The van der Waals surface area contributed by atoms with E-state index in [9.17, 15) is 0 Å². The first kappa shape index (κ1) is 12.7. The van der Waals surface area contributed by atoms with Gasteiger partial charge in [0.25, 0.3) is 0 Å². The summed E-state index contributed by atoms with van der Waals surface area (Å²) in [5.41, 5.74) is 8.61. The molecule has 108 valence electrons. The zero-order chi connectivity index (χ0) is 14.8. The van der Waals surface area contributed by atoms with E-state index in [0.29, 0.717) is 12.0 Å². The molecule has 3 aliphatic heterocycles. The van der Waals surface area contributed by atoms with Crippen LogP contribution in [0.1, 0.15) is 30.5 Å². The summed E-state index contributed by atoms with van der Waals surface area (Å²) in [5, 5.41) is 0. The van der Waals surface area contributed by atoms with Crippen molar-refractivity contribution >= 4 is 21.6 Å². The van der Waals surface area contributed by atoms with Crippen molar-refractivity contribution in [3.63, 3.8) is 0 Å². The van der Waals surface area contributed by atoms with Crippen molar-refractivity contribution < 1.29 is 0 Å². The van der Waals surface area contributed by atoms with Gasteiger partial charge in [0.2, 0.25) is 0 Å². The van der Waals surface area contributed by atoms with Crippen LogP contribution in [-0.4, -0.2) is 4.90 Å². The Bertz CT molecular complexity index is 850. The SMILES string of the molecule is CC1CC=C(Br)C=C1C1=C2C=CC=C3c4ccccc4C1N32. The van der Waals surface area contributed by atoms with Crippen LogP contribution in [0.5, 0.6) is 0 Å². The van der Waals surface area contributed by atoms with Crippen molar-refractivity contribution in [2.24, 2.45) is 5.92 Å². The molecule has 0 saturated carbocycles. The highest BCUT2D eigenvalue weighted by atomic mass is 79.9. The fraction of sp³-hybridized carbons (Fsp3) is 0.200. The third-order valence-corrected chi connectivity index (χ3v) is 5.72. The highest BCUT2D eigenvalue weighted by molar-refractivity contribution is 9.11. The van der Waals surface area contributed by atoms with E-state index in [2.05, 4.69) is 82.4 Å². The van der Waals surface area contributed by atoms with Gasteiger partial charge in [-0.05, 0) is 41.7 Å². The molecule has 3 heterocycles. The summed E-state index contributed by atoms with van der Waals surface area (Å²) in [5.74, 6) is 0.585. The summed E-state index contributed by atoms with van der Waals surface area (Å²) in [6, 6.07) is 9.26. The molecule has 2 atom stereocenters. The molecule has 1 aromatic carbocycles. The van der Waals surface area contributed by atoms with E-state index >= 15 is 0 Å². The van der Waals surface area contributed by atoms with Crippen LogP contribution in [0.15, 0.2) is 76.0 Å². The molecule has 1 nitrogen and oxygen atoms in total. The highest BCUT2D eigenvalue weighted by Crippen LogP contribution is 2.59. The number of hydrogen-bond donors (Lipinski definition) is 0. The lowest BCUT2D eigenvalue weighted by molar-refractivity contribution is 0.363. The van der Waals surface area contributed by atoms with E-state index in [1.54, 1.807) is 0 Å². The average Bonchev–Trinajstić information content (AvgIpc) is 2.83. The van der Waals surface area contributed by atoms with Crippen LogP contribution in [0.3, 0.4) is 0 Å². The molecule has 1 aliphatic carbocycles. The van der Waals surface area contributed by atoms with Crippen molar-refractivity contribution in [3.05, 3.63) is 87.1 Å². The molecule has 0 fully saturated rings. The molecule has 2 unspecified atom stereocenters. The Morgan fingerprint density at radius 2 is 2.09 bits per heavy atom. The van der Waals surface area contributed by atoms with E-state index in [4.69, 9.17) is 0 Å². The van der Waals surface area contributed by atoms with Crippen LogP contribution in [0, 0.1) is 5.92 Å². The molecule has 0 saturated heterocycles. The molecule has 0 aromatic heterocycles. The second kappa shape index (κ2) is 4.36. The predicted octanol–water partition coefficient (Wildman–Crippen LogP) is 5.47. The van der Waals surface area contributed by atoms with Crippen LogP contribution >= 0.6 is 15.9 Å². The molecule has 0 radical (unpaired) electrons. The number of rotatable bonds is 1. The van der Waals surface area contributed by atoms with E-state index in [-0.39, 0.29) is 0 Å². The largest absolute Gasteiger partial charge is 0.329 e. The third-order valence-electron chi connectivity index (χ3n) is 5.17. The zero-order valence-corrected chi connectivity index (χ0v) is 14.0. The first-order valence-corrected chi connectivity index (χ1v) is 8.63. The minimum Gasteiger partial charge on any atom is -0.329 e. The topological polar surface area (TPSA) is 3.24 Å². The summed E-state index contributed by atoms with van der Waals surface area (Å²) >= 11 is 3.67. The quantitative estimate of drug-likeness (QED) is 0.649. The lowest BCUT2D eigenvalue weighted by atomic mass is 9.77. The molecular formula is C20H16BrN. The fourth-order valence-corrected chi connectivity index (χ4v) is 4.55. The van der Waals surface area contributed by atoms with E-state index < -0.39 is 0 Å². The van der Waals surface area contributed by atoms with Crippen molar-refractivity contribution in [3.8, 4) is 0 Å². The maximum absolute atomic E-state index is 3.67. The molecule has 0 N–H and O–H groups in total. The molecule has 5 rings (SSSR count). The number of fused-ring (bicyclic) bond motifs is 3. The Morgan fingerprint density at radius 3 is 3.00 bits per heavy atom. The first-order chi connectivity index (χ1) is 10.8. The Hall–Kier alpha value is -1.80. The van der Waals surface area contributed by atoms with Gasteiger partial charge < -0.3 is 4.90 Å². The smallest absolute Gasteiger partial charge is 0.0874 e. The maximum atomic E-state index is 3.67. The Balaban J connectivity index is 1.72. The standard InChI is InChI=1S/C20H16BrN/c1-12-9-10-13(21)11-16(12)19-18-8-4-7-17-14-5-2-3-6-15(14)20(19)22(17)18/h2-8,10-12,20H,9H2,1H3. The summed E-state index contributed by atoms with van der Waals surface area (Å²) < 4.78 is 1.22. The Kier molecular flexibility index (Phi) is 2.52. The number of benzene rings is 1. The monoisotopic (exact) mass is 349 g/mol. The van der Waals surface area contributed by atoms with Crippen molar-refractivity contribution in [2.45, 2.75) is 19.4 Å². The number of halogens is 1. The summed E-state index contributed by atoms with van der Waals surface area (Å²) in [4.78, 5) is 2.50. The van der Waals surface area contributed by atoms with Gasteiger partial charge in [-0.1, -0.05) is 59.3 Å². The molecule has 0 amide bonds. The highest BCUT2D eigenvalue weighted by Gasteiger charge is 2.48. The van der Waals surface area contributed by atoms with Gasteiger partial charge in [-0.3, -0.25) is 0 Å². The Labute approximate surface area is 139 Å². The van der Waals surface area contributed by atoms with Gasteiger partial charge in [-0.25, -0.2) is 0 Å². The molecule has 0 spiro atoms. The lowest BCUT2D eigenvalue weighted by Crippen LogP contribution is -2.36. The van der Waals surface area contributed by atoms with Crippen LogP contribution in [0.25, 0.3) is 5.70 Å². The van der Waals surface area contributed by atoms with Crippen molar-refractivity contribution in [1.29, 1.82) is 0 Å². The van der Waals surface area contributed by atoms with Gasteiger partial charge >= 0.3 is 0 Å². The van der Waals surface area contributed by atoms with E-state index in [1.165, 1.54) is 38.1 Å².